The second kappa shape index (κ2) is 7.56. The van der Waals surface area contributed by atoms with Gasteiger partial charge in [0.15, 0.2) is 0 Å². The third-order valence-corrected chi connectivity index (χ3v) is 4.47. The molecule has 0 unspecified atom stereocenters. The topological polar surface area (TPSA) is 66.5 Å². The van der Waals surface area contributed by atoms with Crippen molar-refractivity contribution in [2.24, 2.45) is 5.92 Å². The SMILES string of the molecule is CC(C)[C@H](C(=O)NS(=O)(=O)CCc1ccccc1)N(C)C. The Labute approximate surface area is 127 Å². The van der Waals surface area contributed by atoms with Crippen molar-refractivity contribution in [3.8, 4) is 0 Å². The quantitative estimate of drug-likeness (QED) is 0.823. The van der Waals surface area contributed by atoms with E-state index >= 15 is 0 Å². The van der Waals surface area contributed by atoms with Crippen molar-refractivity contribution < 1.29 is 13.2 Å². The van der Waals surface area contributed by atoms with Crippen LogP contribution in [0.25, 0.3) is 0 Å². The average molecular weight is 312 g/mol. The molecule has 1 aromatic rings. The second-order valence-electron chi connectivity index (χ2n) is 5.67. The molecular weight excluding hydrogens is 288 g/mol. The zero-order valence-electron chi connectivity index (χ0n) is 13.0. The lowest BCUT2D eigenvalue weighted by Gasteiger charge is -2.26. The van der Waals surface area contributed by atoms with Gasteiger partial charge in [-0.15, -0.1) is 0 Å². The van der Waals surface area contributed by atoms with Crippen LogP contribution >= 0.6 is 0 Å². The number of hydrogen-bond acceptors (Lipinski definition) is 4. The normalized spacial score (nSPS) is 13.4. The van der Waals surface area contributed by atoms with Crippen molar-refractivity contribution >= 4 is 15.9 Å². The maximum atomic E-state index is 12.1. The van der Waals surface area contributed by atoms with Crippen molar-refractivity contribution in [1.82, 2.24) is 9.62 Å². The first kappa shape index (κ1) is 17.7. The Hall–Kier alpha value is -1.40. The van der Waals surface area contributed by atoms with Gasteiger partial charge in [0.25, 0.3) is 5.91 Å². The van der Waals surface area contributed by atoms with Crippen molar-refractivity contribution in [2.75, 3.05) is 19.8 Å². The van der Waals surface area contributed by atoms with E-state index in [0.717, 1.165) is 5.56 Å². The molecular formula is C15H24N2O3S. The van der Waals surface area contributed by atoms with Crippen LogP contribution in [-0.4, -0.2) is 45.1 Å². The van der Waals surface area contributed by atoms with Gasteiger partial charge in [-0.1, -0.05) is 44.2 Å². The van der Waals surface area contributed by atoms with Gasteiger partial charge < -0.3 is 0 Å². The molecule has 0 aromatic heterocycles. The zero-order valence-corrected chi connectivity index (χ0v) is 13.9. The van der Waals surface area contributed by atoms with Gasteiger partial charge in [-0.05, 0) is 32.0 Å². The van der Waals surface area contributed by atoms with E-state index in [9.17, 15) is 13.2 Å². The summed E-state index contributed by atoms with van der Waals surface area (Å²) in [6, 6.07) is 8.88. The van der Waals surface area contributed by atoms with Crippen LogP contribution in [0.1, 0.15) is 19.4 Å². The highest BCUT2D eigenvalue weighted by Crippen LogP contribution is 2.08. The monoisotopic (exact) mass is 312 g/mol. The Morgan fingerprint density at radius 2 is 1.76 bits per heavy atom. The van der Waals surface area contributed by atoms with Crippen LogP contribution in [-0.2, 0) is 21.2 Å². The lowest BCUT2D eigenvalue weighted by atomic mass is 10.0. The summed E-state index contributed by atoms with van der Waals surface area (Å²) in [5.74, 6) is -0.534. The first-order chi connectivity index (χ1) is 9.73. The molecule has 0 heterocycles. The van der Waals surface area contributed by atoms with Crippen LogP contribution in [0, 0.1) is 5.92 Å². The van der Waals surface area contributed by atoms with E-state index < -0.39 is 22.0 Å². The number of benzene rings is 1. The number of aryl methyl sites for hydroxylation is 1. The number of carbonyl (C=O) groups is 1. The Bertz CT molecular complexity index is 546. The van der Waals surface area contributed by atoms with Gasteiger partial charge in [0.2, 0.25) is 10.0 Å². The fourth-order valence-corrected chi connectivity index (χ4v) is 3.33. The highest BCUT2D eigenvalue weighted by Gasteiger charge is 2.27. The molecule has 1 rings (SSSR count). The van der Waals surface area contributed by atoms with Gasteiger partial charge in [0, 0.05) is 0 Å². The summed E-state index contributed by atoms with van der Waals surface area (Å²) < 4.78 is 26.2. The van der Waals surface area contributed by atoms with E-state index in [-0.39, 0.29) is 11.7 Å². The lowest BCUT2D eigenvalue weighted by Crippen LogP contribution is -2.49. The van der Waals surface area contributed by atoms with E-state index in [2.05, 4.69) is 4.72 Å². The number of carbonyl (C=O) groups excluding carboxylic acids is 1. The minimum absolute atomic E-state index is 0.0318. The molecule has 0 radical (unpaired) electrons. The Kier molecular flexibility index (Phi) is 6.36. The maximum absolute atomic E-state index is 12.1. The second-order valence-corrected chi connectivity index (χ2v) is 7.52. The number of hydrogen-bond donors (Lipinski definition) is 1. The Balaban J connectivity index is 2.65. The summed E-state index contributed by atoms with van der Waals surface area (Å²) in [4.78, 5) is 13.9. The van der Waals surface area contributed by atoms with E-state index in [4.69, 9.17) is 0 Å². The van der Waals surface area contributed by atoms with Crippen molar-refractivity contribution in [2.45, 2.75) is 26.3 Å². The molecule has 0 saturated carbocycles. The number of rotatable bonds is 7. The molecule has 1 N–H and O–H groups in total. The molecule has 1 amide bonds. The van der Waals surface area contributed by atoms with Crippen LogP contribution in [0.15, 0.2) is 30.3 Å². The highest BCUT2D eigenvalue weighted by molar-refractivity contribution is 7.90. The van der Waals surface area contributed by atoms with E-state index in [1.54, 1.807) is 19.0 Å². The number of likely N-dealkylation sites (N-methyl/N-ethyl adjacent to an activating group) is 1. The number of nitrogens with one attached hydrogen (secondary N) is 1. The first-order valence-electron chi connectivity index (χ1n) is 6.97. The maximum Gasteiger partial charge on any atom is 0.251 e. The molecule has 0 saturated heterocycles. The molecule has 118 valence electrons. The van der Waals surface area contributed by atoms with Gasteiger partial charge in [0.1, 0.15) is 0 Å². The summed E-state index contributed by atoms with van der Waals surface area (Å²) in [5, 5.41) is 0. The van der Waals surface area contributed by atoms with Gasteiger partial charge in [-0.3, -0.25) is 14.4 Å². The smallest absolute Gasteiger partial charge is 0.251 e. The summed E-state index contributed by atoms with van der Waals surface area (Å²) in [7, 11) is -0.0878. The Morgan fingerprint density at radius 1 is 1.19 bits per heavy atom. The standard InChI is InChI=1S/C15H24N2O3S/c1-12(2)14(17(3)4)15(18)16-21(19,20)11-10-13-8-6-5-7-9-13/h5-9,12,14H,10-11H2,1-4H3,(H,16,18)/t14-/m1/s1. The van der Waals surface area contributed by atoms with Crippen LogP contribution in [0.2, 0.25) is 0 Å². The van der Waals surface area contributed by atoms with E-state index in [1.165, 1.54) is 0 Å². The van der Waals surface area contributed by atoms with Gasteiger partial charge in [-0.25, -0.2) is 8.42 Å². The van der Waals surface area contributed by atoms with Crippen LogP contribution < -0.4 is 4.72 Å². The largest absolute Gasteiger partial charge is 0.298 e. The third-order valence-electron chi connectivity index (χ3n) is 3.21. The minimum atomic E-state index is -3.62. The molecule has 21 heavy (non-hydrogen) atoms. The van der Waals surface area contributed by atoms with Gasteiger partial charge in [-0.2, -0.15) is 0 Å². The van der Waals surface area contributed by atoms with Gasteiger partial charge >= 0.3 is 0 Å². The van der Waals surface area contributed by atoms with E-state index in [0.29, 0.717) is 6.42 Å². The molecule has 1 aromatic carbocycles. The molecule has 5 nitrogen and oxygen atoms in total. The average Bonchev–Trinajstić information content (AvgIpc) is 2.36. The van der Waals surface area contributed by atoms with Crippen molar-refractivity contribution in [3.63, 3.8) is 0 Å². The van der Waals surface area contributed by atoms with Crippen LogP contribution in [0.4, 0.5) is 0 Å². The third kappa shape index (κ3) is 5.85. The predicted molar refractivity (Wildman–Crippen MR) is 84.4 cm³/mol. The Morgan fingerprint density at radius 3 is 2.24 bits per heavy atom. The summed E-state index contributed by atoms with van der Waals surface area (Å²) in [5.41, 5.74) is 0.934. The summed E-state index contributed by atoms with van der Waals surface area (Å²) in [6.07, 6.45) is 0.387. The lowest BCUT2D eigenvalue weighted by molar-refractivity contribution is -0.125. The first-order valence-corrected chi connectivity index (χ1v) is 8.63. The fourth-order valence-electron chi connectivity index (χ4n) is 2.30. The summed E-state index contributed by atoms with van der Waals surface area (Å²) in [6.45, 7) is 3.78. The molecule has 0 bridgehead atoms. The minimum Gasteiger partial charge on any atom is -0.298 e. The van der Waals surface area contributed by atoms with Crippen LogP contribution in [0.5, 0.6) is 0 Å². The molecule has 1 atom stereocenters. The van der Waals surface area contributed by atoms with Crippen LogP contribution in [0.3, 0.4) is 0 Å². The fraction of sp³-hybridized carbons (Fsp3) is 0.533. The number of sulfonamides is 1. The summed E-state index contributed by atoms with van der Waals surface area (Å²) >= 11 is 0. The number of nitrogens with zero attached hydrogens (tertiary/aromatic N) is 1. The molecule has 0 aliphatic rings. The zero-order chi connectivity index (χ0) is 16.0. The highest BCUT2D eigenvalue weighted by atomic mass is 32.2. The van der Waals surface area contributed by atoms with Crippen molar-refractivity contribution in [3.05, 3.63) is 35.9 Å². The predicted octanol–water partition coefficient (Wildman–Crippen LogP) is 1.26. The molecule has 6 heteroatoms. The molecule has 0 fully saturated rings. The number of amides is 1. The van der Waals surface area contributed by atoms with E-state index in [1.807, 2.05) is 44.2 Å². The van der Waals surface area contributed by atoms with Crippen molar-refractivity contribution in [1.29, 1.82) is 0 Å². The molecule has 0 aliphatic carbocycles. The molecule has 0 aliphatic heterocycles. The molecule has 0 spiro atoms. The van der Waals surface area contributed by atoms with Gasteiger partial charge in [0.05, 0.1) is 11.8 Å².